The van der Waals surface area contributed by atoms with Gasteiger partial charge in [0.15, 0.2) is 0 Å². The van der Waals surface area contributed by atoms with Crippen molar-refractivity contribution in [3.05, 3.63) is 56.3 Å². The summed E-state index contributed by atoms with van der Waals surface area (Å²) in [4.78, 5) is 50.8. The van der Waals surface area contributed by atoms with Gasteiger partial charge in [0.05, 0.1) is 37.6 Å². The highest BCUT2D eigenvalue weighted by Gasteiger charge is 2.12. The number of carbonyl (C=O) groups is 4. The van der Waals surface area contributed by atoms with Gasteiger partial charge in [-0.05, 0) is 80.6 Å². The highest BCUT2D eigenvalue weighted by Crippen LogP contribution is 2.10. The van der Waals surface area contributed by atoms with Gasteiger partial charge in [-0.3, -0.25) is 0 Å². The number of benzene rings is 1. The number of carbonyl (C=O) groups excluding carboxylic acids is 4. The molecule has 14 heteroatoms. The first-order valence-electron chi connectivity index (χ1n) is 11.4. The Hall–Kier alpha value is -4.28. The second-order valence-electron chi connectivity index (χ2n) is 7.29. The van der Waals surface area contributed by atoms with E-state index in [1.807, 2.05) is 0 Å². The molecule has 36 heavy (non-hydrogen) atoms. The van der Waals surface area contributed by atoms with Gasteiger partial charge < -0.3 is 18.9 Å². The fourth-order valence-electron chi connectivity index (χ4n) is 2.83. The molecular formula is C22H28N6O8. The smallest absolute Gasteiger partial charge is 0.396 e. The second-order valence-corrected chi connectivity index (χ2v) is 7.29. The molecule has 0 aliphatic carbocycles. The lowest BCUT2D eigenvalue weighted by Crippen LogP contribution is -2.10. The maximum absolute atomic E-state index is 12.2. The summed E-state index contributed by atoms with van der Waals surface area (Å²) in [7, 11) is 0. The lowest BCUT2D eigenvalue weighted by molar-refractivity contribution is 0.0494. The number of nitrogens with zero attached hydrogens (tertiary/aromatic N) is 6. The zero-order valence-corrected chi connectivity index (χ0v) is 19.7. The third-order valence-corrected chi connectivity index (χ3v) is 4.58. The van der Waals surface area contributed by atoms with Crippen LogP contribution >= 0.6 is 0 Å². The summed E-state index contributed by atoms with van der Waals surface area (Å²) in [6.07, 6.45) is 3.50. The first kappa shape index (κ1) is 29.8. The lowest BCUT2D eigenvalue weighted by Gasteiger charge is -2.08. The lowest BCUT2D eigenvalue weighted by atomic mass is 10.1. The van der Waals surface area contributed by atoms with Gasteiger partial charge in [0.2, 0.25) is 0 Å². The average Bonchev–Trinajstić information content (AvgIpc) is 2.87. The fraction of sp³-hybridized carbons (Fsp3) is 0.545. The first-order chi connectivity index (χ1) is 17.5. The highest BCUT2D eigenvalue weighted by atomic mass is 16.6. The van der Waals surface area contributed by atoms with Crippen molar-refractivity contribution >= 4 is 24.1 Å². The summed E-state index contributed by atoms with van der Waals surface area (Å²) < 4.78 is 19.8. The van der Waals surface area contributed by atoms with Gasteiger partial charge in [-0.2, -0.15) is 0 Å². The van der Waals surface area contributed by atoms with Crippen LogP contribution in [0.2, 0.25) is 0 Å². The Morgan fingerprint density at radius 2 is 0.972 bits per heavy atom. The second kappa shape index (κ2) is 19.1. The Balaban J connectivity index is 2.19. The standard InChI is InChI=1S/C22H28N6O8/c23-27-25-21(31)35-14-7-3-1-5-12-33-19(29)17-10-9-11-18(16-17)20(30)34-13-6-2-4-8-15-36-22(32)26-28-24/h9-11,16H,1-8,12-15H2. The van der Waals surface area contributed by atoms with Crippen molar-refractivity contribution in [1.82, 2.24) is 0 Å². The molecule has 0 bridgehead atoms. The van der Waals surface area contributed by atoms with Crippen LogP contribution < -0.4 is 0 Å². The minimum atomic E-state index is -0.959. The number of hydrogen-bond donors (Lipinski definition) is 0. The van der Waals surface area contributed by atoms with Crippen LogP contribution in [0.4, 0.5) is 9.59 Å². The highest BCUT2D eigenvalue weighted by molar-refractivity contribution is 5.95. The van der Waals surface area contributed by atoms with E-state index >= 15 is 0 Å². The number of esters is 2. The van der Waals surface area contributed by atoms with Crippen molar-refractivity contribution in [2.75, 3.05) is 26.4 Å². The van der Waals surface area contributed by atoms with E-state index in [9.17, 15) is 19.2 Å². The largest absolute Gasteiger partial charge is 0.462 e. The van der Waals surface area contributed by atoms with Crippen LogP contribution in [0.1, 0.15) is 72.1 Å². The summed E-state index contributed by atoms with van der Waals surface area (Å²) in [5.41, 5.74) is 16.6. The maximum atomic E-state index is 12.2. The van der Waals surface area contributed by atoms with Crippen LogP contribution in [-0.4, -0.2) is 50.6 Å². The van der Waals surface area contributed by atoms with Gasteiger partial charge in [-0.1, -0.05) is 6.07 Å². The molecule has 0 fully saturated rings. The quantitative estimate of drug-likeness (QED) is 0.0648. The van der Waals surface area contributed by atoms with Crippen LogP contribution in [0.25, 0.3) is 20.9 Å². The van der Waals surface area contributed by atoms with Crippen LogP contribution in [0, 0.1) is 0 Å². The normalized spacial score (nSPS) is 9.78. The molecule has 0 aromatic heterocycles. The zero-order valence-electron chi connectivity index (χ0n) is 19.7. The summed E-state index contributed by atoms with van der Waals surface area (Å²) in [5.74, 6) is -1.09. The third-order valence-electron chi connectivity index (χ3n) is 4.58. The molecule has 0 saturated carbocycles. The summed E-state index contributed by atoms with van der Waals surface area (Å²) >= 11 is 0. The van der Waals surface area contributed by atoms with E-state index in [1.165, 1.54) is 6.07 Å². The predicted octanol–water partition coefficient (Wildman–Crippen LogP) is 6.01. The molecule has 0 saturated heterocycles. The molecule has 0 unspecified atom stereocenters. The van der Waals surface area contributed by atoms with E-state index in [1.54, 1.807) is 18.2 Å². The molecule has 2 amide bonds. The van der Waals surface area contributed by atoms with Crippen LogP contribution in [0.3, 0.4) is 0 Å². The van der Waals surface area contributed by atoms with Crippen LogP contribution in [0.15, 0.2) is 34.5 Å². The molecular weight excluding hydrogens is 476 g/mol. The molecule has 0 atom stereocenters. The first-order valence-corrected chi connectivity index (χ1v) is 11.4. The van der Waals surface area contributed by atoms with Gasteiger partial charge in [-0.25, -0.2) is 19.2 Å². The van der Waals surface area contributed by atoms with Gasteiger partial charge in [-0.15, -0.1) is 0 Å². The Bertz CT molecular complexity index is 900. The van der Waals surface area contributed by atoms with E-state index in [0.717, 1.165) is 25.7 Å². The molecule has 194 valence electrons. The van der Waals surface area contributed by atoms with Crippen molar-refractivity contribution in [1.29, 1.82) is 0 Å². The van der Waals surface area contributed by atoms with Gasteiger partial charge in [0.1, 0.15) is 0 Å². The van der Waals surface area contributed by atoms with Crippen molar-refractivity contribution in [2.24, 2.45) is 10.2 Å². The zero-order chi connectivity index (χ0) is 26.4. The topological polar surface area (TPSA) is 203 Å². The molecule has 1 rings (SSSR count). The molecule has 0 spiro atoms. The van der Waals surface area contributed by atoms with Crippen molar-refractivity contribution in [3.8, 4) is 0 Å². The molecule has 0 radical (unpaired) electrons. The molecule has 1 aromatic rings. The number of rotatable bonds is 16. The Kier molecular flexibility index (Phi) is 15.8. The van der Waals surface area contributed by atoms with Crippen molar-refractivity contribution < 1.29 is 38.1 Å². The average molecular weight is 505 g/mol. The molecule has 0 aliphatic rings. The van der Waals surface area contributed by atoms with E-state index in [4.69, 9.17) is 20.5 Å². The third kappa shape index (κ3) is 14.1. The number of amides is 2. The van der Waals surface area contributed by atoms with Crippen molar-refractivity contribution in [3.63, 3.8) is 0 Å². The Morgan fingerprint density at radius 3 is 1.33 bits per heavy atom. The monoisotopic (exact) mass is 504 g/mol. The Labute approximate surface area is 207 Å². The predicted molar refractivity (Wildman–Crippen MR) is 125 cm³/mol. The molecule has 14 nitrogen and oxygen atoms in total. The SMILES string of the molecule is [N-]=[N+]=NC(=O)OCCCCCCOC(=O)c1cccc(C(=O)OCCCCCCOC(=O)N=[N+]=[N-])c1. The van der Waals surface area contributed by atoms with Crippen molar-refractivity contribution in [2.45, 2.75) is 51.4 Å². The number of azide groups is 2. The molecule has 1 aromatic carbocycles. The minimum Gasteiger partial charge on any atom is -0.462 e. The van der Waals surface area contributed by atoms with Gasteiger partial charge in [0.25, 0.3) is 0 Å². The molecule has 0 heterocycles. The summed E-state index contributed by atoms with van der Waals surface area (Å²) in [6, 6.07) is 6.08. The molecule has 0 N–H and O–H groups in total. The van der Waals surface area contributed by atoms with E-state index in [-0.39, 0.29) is 37.6 Å². The van der Waals surface area contributed by atoms with E-state index in [2.05, 4.69) is 29.5 Å². The Morgan fingerprint density at radius 1 is 0.611 bits per heavy atom. The maximum Gasteiger partial charge on any atom is 0.396 e. The van der Waals surface area contributed by atoms with E-state index in [0.29, 0.717) is 25.7 Å². The fourth-order valence-corrected chi connectivity index (χ4v) is 2.83. The number of hydrogen-bond acceptors (Lipinski definition) is 8. The minimum absolute atomic E-state index is 0.151. The number of unbranched alkanes of at least 4 members (excludes halogenated alkanes) is 6. The molecule has 0 aliphatic heterocycles. The van der Waals surface area contributed by atoms with Gasteiger partial charge in [0, 0.05) is 20.1 Å². The van der Waals surface area contributed by atoms with Crippen LogP contribution in [0.5, 0.6) is 0 Å². The summed E-state index contributed by atoms with van der Waals surface area (Å²) in [5, 5.41) is 5.57. The van der Waals surface area contributed by atoms with E-state index < -0.39 is 24.1 Å². The summed E-state index contributed by atoms with van der Waals surface area (Å²) in [6.45, 7) is 0.711. The number of ether oxygens (including phenoxy) is 4. The van der Waals surface area contributed by atoms with Gasteiger partial charge >= 0.3 is 24.1 Å². The van der Waals surface area contributed by atoms with Crippen LogP contribution in [-0.2, 0) is 18.9 Å².